The Kier molecular flexibility index (Phi) is 9.53. The van der Waals surface area contributed by atoms with Crippen molar-refractivity contribution in [3.05, 3.63) is 44.6 Å². The number of piperidine rings is 3. The molecule has 12 heteroatoms. The molecule has 10 nitrogen and oxygen atoms in total. The Morgan fingerprint density at radius 3 is 2.41 bits per heavy atom. The molecule has 0 radical (unpaired) electrons. The van der Waals surface area contributed by atoms with Gasteiger partial charge in [-0.05, 0) is 92.9 Å². The smallest absolute Gasteiger partial charge is 0.410 e. The molecule has 3 fully saturated rings. The Morgan fingerprint density at radius 2 is 1.70 bits per heavy atom. The zero-order valence-electron chi connectivity index (χ0n) is 25.4. The number of likely N-dealkylation sites (tertiary alicyclic amines) is 2. The van der Waals surface area contributed by atoms with Gasteiger partial charge in [0, 0.05) is 49.6 Å². The number of rotatable bonds is 6. The molecule has 4 N–H and O–H groups in total. The number of carbonyl (C=O) groups excluding carboxylic acids is 3. The Hall–Kier alpha value is -3.02. The molecular formula is C32H43ClN6O4S. The van der Waals surface area contributed by atoms with Gasteiger partial charge in [0.1, 0.15) is 0 Å². The van der Waals surface area contributed by atoms with Gasteiger partial charge in [0.2, 0.25) is 0 Å². The van der Waals surface area contributed by atoms with E-state index in [9.17, 15) is 14.4 Å². The fourth-order valence-corrected chi connectivity index (χ4v) is 8.37. The van der Waals surface area contributed by atoms with E-state index >= 15 is 0 Å². The number of amides is 4. The largest absolute Gasteiger partial charge is 0.436 e. The molecule has 1 atom stereocenters. The highest BCUT2D eigenvalue weighted by Crippen LogP contribution is 2.33. The molecule has 2 aromatic rings. The average molecular weight is 643 g/mol. The van der Waals surface area contributed by atoms with Crippen LogP contribution in [0.25, 0.3) is 0 Å². The van der Waals surface area contributed by atoms with E-state index in [4.69, 9.17) is 22.1 Å². The number of nitrogens with two attached hydrogens (primary N) is 1. The van der Waals surface area contributed by atoms with Gasteiger partial charge in [-0.1, -0.05) is 17.7 Å². The van der Waals surface area contributed by atoms with E-state index < -0.39 is 12.2 Å². The van der Waals surface area contributed by atoms with Crippen molar-refractivity contribution in [2.45, 2.75) is 70.6 Å². The number of hydrogen-bond acceptors (Lipinski definition) is 7. The van der Waals surface area contributed by atoms with Gasteiger partial charge in [0.15, 0.2) is 6.10 Å². The zero-order chi connectivity index (χ0) is 30.8. The maximum absolute atomic E-state index is 13.9. The van der Waals surface area contributed by atoms with Crippen molar-refractivity contribution in [2.75, 3.05) is 50.3 Å². The lowest BCUT2D eigenvalue weighted by Gasteiger charge is -2.40. The topological polar surface area (TPSA) is 120 Å². The lowest BCUT2D eigenvalue weighted by molar-refractivity contribution is -0.142. The minimum atomic E-state index is -0.959. The molecule has 238 valence electrons. The zero-order valence-corrected chi connectivity index (χ0v) is 26.9. The van der Waals surface area contributed by atoms with E-state index in [0.717, 1.165) is 48.3 Å². The van der Waals surface area contributed by atoms with Gasteiger partial charge < -0.3 is 35.8 Å². The van der Waals surface area contributed by atoms with Crippen molar-refractivity contribution in [3.8, 4) is 0 Å². The van der Waals surface area contributed by atoms with Crippen LogP contribution in [0.5, 0.6) is 0 Å². The summed E-state index contributed by atoms with van der Waals surface area (Å²) < 4.78 is 6.02. The van der Waals surface area contributed by atoms with Gasteiger partial charge in [-0.25, -0.2) is 9.59 Å². The summed E-state index contributed by atoms with van der Waals surface area (Å²) in [4.78, 5) is 45.6. The number of thiophene rings is 1. The van der Waals surface area contributed by atoms with Crippen LogP contribution in [0, 0.1) is 18.8 Å². The fraction of sp³-hybridized carbons (Fsp3) is 0.594. The van der Waals surface area contributed by atoms with Crippen molar-refractivity contribution < 1.29 is 19.1 Å². The second-order valence-electron chi connectivity index (χ2n) is 12.7. The number of aryl methyl sites for hydroxylation is 1. The van der Waals surface area contributed by atoms with Crippen LogP contribution in [0.15, 0.2) is 22.9 Å². The van der Waals surface area contributed by atoms with Crippen molar-refractivity contribution in [3.63, 3.8) is 0 Å². The number of urea groups is 1. The second kappa shape index (κ2) is 13.5. The molecule has 5 heterocycles. The molecule has 1 aromatic carbocycles. The number of hydrogen-bond donors (Lipinski definition) is 3. The van der Waals surface area contributed by atoms with E-state index in [0.29, 0.717) is 68.1 Å². The lowest BCUT2D eigenvalue weighted by atomic mass is 9.79. The van der Waals surface area contributed by atoms with E-state index in [1.54, 1.807) is 22.3 Å². The minimum absolute atomic E-state index is 0.0330. The first-order valence-corrected chi connectivity index (χ1v) is 17.2. The molecule has 0 spiro atoms. The molecule has 4 aliphatic heterocycles. The first-order chi connectivity index (χ1) is 21.3. The lowest BCUT2D eigenvalue weighted by Crippen LogP contribution is -2.52. The molecule has 0 unspecified atom stereocenters. The van der Waals surface area contributed by atoms with Crippen LogP contribution in [0.2, 0.25) is 5.02 Å². The summed E-state index contributed by atoms with van der Waals surface area (Å²) in [5.41, 5.74) is 10.2. The number of nitrogens with one attached hydrogen (secondary N) is 2. The van der Waals surface area contributed by atoms with Crippen LogP contribution >= 0.6 is 22.9 Å². The Bertz CT molecular complexity index is 1340. The van der Waals surface area contributed by atoms with Gasteiger partial charge in [-0.3, -0.25) is 4.79 Å². The number of nitrogen functional groups attached to an aromatic ring is 1. The monoisotopic (exact) mass is 642 g/mol. The minimum Gasteiger partial charge on any atom is -0.436 e. The van der Waals surface area contributed by atoms with Gasteiger partial charge in [-0.15, -0.1) is 11.3 Å². The third-order valence-electron chi connectivity index (χ3n) is 9.99. The van der Waals surface area contributed by atoms with E-state index in [1.165, 1.54) is 12.8 Å². The summed E-state index contributed by atoms with van der Waals surface area (Å²) >= 11 is 7.96. The number of nitrogens with zero attached hydrogens (tertiary/aromatic N) is 3. The SMILES string of the molecule is Cc1cc(C[C@@H](OC(=O)N2CCC(N3Cc4cscc4NC3=O)CC2)C(=O)N2CCC(C3CCNCC3)CC2)cc(Cl)c1N. The predicted octanol–water partition coefficient (Wildman–Crippen LogP) is 5.09. The van der Waals surface area contributed by atoms with Crippen LogP contribution in [0.1, 0.15) is 55.2 Å². The van der Waals surface area contributed by atoms with E-state index in [2.05, 4.69) is 16.0 Å². The Morgan fingerprint density at radius 1 is 1.02 bits per heavy atom. The van der Waals surface area contributed by atoms with Crippen molar-refractivity contribution in [2.24, 2.45) is 11.8 Å². The third-order valence-corrected chi connectivity index (χ3v) is 11.1. The molecule has 1 aromatic heterocycles. The highest BCUT2D eigenvalue weighted by Gasteiger charge is 2.37. The molecule has 3 saturated heterocycles. The summed E-state index contributed by atoms with van der Waals surface area (Å²) in [6.45, 7) is 6.88. The fourth-order valence-electron chi connectivity index (χ4n) is 7.30. The highest BCUT2D eigenvalue weighted by atomic mass is 35.5. The maximum Gasteiger partial charge on any atom is 0.410 e. The molecular weight excluding hydrogens is 600 g/mol. The quantitative estimate of drug-likeness (QED) is 0.378. The van der Waals surface area contributed by atoms with Crippen molar-refractivity contribution >= 4 is 52.3 Å². The summed E-state index contributed by atoms with van der Waals surface area (Å²) in [5.74, 6) is 1.20. The van der Waals surface area contributed by atoms with Crippen LogP contribution in [-0.2, 0) is 22.5 Å². The summed E-state index contributed by atoms with van der Waals surface area (Å²) in [7, 11) is 0. The van der Waals surface area contributed by atoms with Crippen LogP contribution in [0.4, 0.5) is 21.0 Å². The number of benzene rings is 1. The van der Waals surface area contributed by atoms with Crippen molar-refractivity contribution in [1.29, 1.82) is 0 Å². The molecule has 0 bridgehead atoms. The number of ether oxygens (including phenoxy) is 1. The number of anilines is 2. The molecule has 4 amide bonds. The second-order valence-corrected chi connectivity index (χ2v) is 13.9. The third kappa shape index (κ3) is 6.79. The summed E-state index contributed by atoms with van der Waals surface area (Å²) in [5, 5.41) is 10.9. The standard InChI is InChI=1S/C32H43ClN6O4S/c1-20-14-21(15-26(33)29(20)34)16-28(30(40)37-10-4-23(5-11-37)22-2-8-35-9-3-22)43-32(42)38-12-6-25(7-13-38)39-17-24-18-44-19-27(24)36-31(39)41/h14-15,18-19,22-23,25,28,35H,2-13,16-17,34H2,1H3,(H,36,41)/t28-/m1/s1. The normalized spacial score (nSPS) is 21.1. The Balaban J connectivity index is 1.09. The Labute approximate surface area is 268 Å². The molecule has 0 aliphatic carbocycles. The predicted molar refractivity (Wildman–Crippen MR) is 173 cm³/mol. The molecule has 6 rings (SSSR count). The summed E-state index contributed by atoms with van der Waals surface area (Å²) in [6.07, 6.45) is 4.44. The molecule has 44 heavy (non-hydrogen) atoms. The maximum atomic E-state index is 13.9. The van der Waals surface area contributed by atoms with Gasteiger partial charge in [-0.2, -0.15) is 0 Å². The van der Waals surface area contributed by atoms with Gasteiger partial charge in [0.25, 0.3) is 5.91 Å². The van der Waals surface area contributed by atoms with Crippen molar-refractivity contribution in [1.82, 2.24) is 20.0 Å². The van der Waals surface area contributed by atoms with Crippen LogP contribution in [0.3, 0.4) is 0 Å². The number of fused-ring (bicyclic) bond motifs is 1. The number of carbonyl (C=O) groups is 3. The molecule has 4 aliphatic rings. The molecule has 0 saturated carbocycles. The van der Waals surface area contributed by atoms with Crippen LogP contribution < -0.4 is 16.4 Å². The van der Waals surface area contributed by atoms with Gasteiger partial charge in [0.05, 0.1) is 22.9 Å². The number of halogens is 1. The first kappa shape index (κ1) is 31.0. The average Bonchev–Trinajstić information content (AvgIpc) is 3.50. The summed E-state index contributed by atoms with van der Waals surface area (Å²) in [6, 6.07) is 3.61. The highest BCUT2D eigenvalue weighted by molar-refractivity contribution is 7.08. The van der Waals surface area contributed by atoms with E-state index in [1.807, 2.05) is 28.2 Å². The van der Waals surface area contributed by atoms with Crippen LogP contribution in [-0.4, -0.2) is 84.1 Å². The van der Waals surface area contributed by atoms with Gasteiger partial charge >= 0.3 is 12.1 Å². The van der Waals surface area contributed by atoms with E-state index in [-0.39, 0.29) is 24.4 Å². The first-order valence-electron chi connectivity index (χ1n) is 15.9.